The van der Waals surface area contributed by atoms with Crippen molar-refractivity contribution in [1.82, 2.24) is 5.32 Å². The molecule has 4 nitrogen and oxygen atoms in total. The molecule has 1 amide bonds. The Bertz CT molecular complexity index is 633. The van der Waals surface area contributed by atoms with E-state index in [1.54, 1.807) is 6.92 Å². The van der Waals surface area contributed by atoms with E-state index in [2.05, 4.69) is 5.32 Å². The molecule has 122 valence electrons. The van der Waals surface area contributed by atoms with Crippen LogP contribution in [0.2, 0.25) is 0 Å². The average molecular weight is 312 g/mol. The monoisotopic (exact) mass is 312 g/mol. The molecule has 0 aliphatic heterocycles. The van der Waals surface area contributed by atoms with Crippen molar-refractivity contribution in [2.75, 3.05) is 19.0 Å². The standard InChI is InChI=1S/C19H24N2O2/c1-14-5-11-18(12-6-14)23-15(2)19(22)20-13-16-7-9-17(10-8-16)21(3)4/h5-12,15H,13H2,1-4H3,(H,20,22). The van der Waals surface area contributed by atoms with E-state index in [0.29, 0.717) is 12.3 Å². The molecule has 2 rings (SSSR count). The van der Waals surface area contributed by atoms with Crippen molar-refractivity contribution < 1.29 is 9.53 Å². The molecule has 1 atom stereocenters. The van der Waals surface area contributed by atoms with Gasteiger partial charge in [0.05, 0.1) is 0 Å². The first-order valence-electron chi connectivity index (χ1n) is 7.73. The number of aryl methyl sites for hydroxylation is 1. The van der Waals surface area contributed by atoms with E-state index in [0.717, 1.165) is 16.8 Å². The molecule has 0 aliphatic carbocycles. The summed E-state index contributed by atoms with van der Waals surface area (Å²) in [5, 5.41) is 2.90. The van der Waals surface area contributed by atoms with Crippen LogP contribution in [-0.4, -0.2) is 26.1 Å². The Morgan fingerprint density at radius 2 is 1.70 bits per heavy atom. The van der Waals surface area contributed by atoms with Gasteiger partial charge in [0.15, 0.2) is 6.10 Å². The molecule has 1 unspecified atom stereocenters. The summed E-state index contributed by atoms with van der Waals surface area (Å²) in [5.74, 6) is 0.579. The van der Waals surface area contributed by atoms with Crippen molar-refractivity contribution in [3.05, 3.63) is 59.7 Å². The minimum absolute atomic E-state index is 0.123. The number of anilines is 1. The number of carbonyl (C=O) groups is 1. The van der Waals surface area contributed by atoms with E-state index in [4.69, 9.17) is 4.74 Å². The van der Waals surface area contributed by atoms with Crippen molar-refractivity contribution in [2.45, 2.75) is 26.5 Å². The fraction of sp³-hybridized carbons (Fsp3) is 0.316. The lowest BCUT2D eigenvalue weighted by Crippen LogP contribution is -2.35. The molecule has 2 aromatic rings. The average Bonchev–Trinajstić information content (AvgIpc) is 2.55. The maximum atomic E-state index is 12.1. The van der Waals surface area contributed by atoms with E-state index in [1.165, 1.54) is 0 Å². The van der Waals surface area contributed by atoms with Gasteiger partial charge in [-0.1, -0.05) is 29.8 Å². The topological polar surface area (TPSA) is 41.6 Å². The van der Waals surface area contributed by atoms with Crippen LogP contribution in [0.5, 0.6) is 5.75 Å². The zero-order valence-corrected chi connectivity index (χ0v) is 14.2. The summed E-state index contributed by atoms with van der Waals surface area (Å²) in [5.41, 5.74) is 3.36. The van der Waals surface area contributed by atoms with E-state index in [1.807, 2.05) is 74.4 Å². The van der Waals surface area contributed by atoms with Gasteiger partial charge >= 0.3 is 0 Å². The van der Waals surface area contributed by atoms with Gasteiger partial charge < -0.3 is 15.0 Å². The number of nitrogens with zero attached hydrogens (tertiary/aromatic N) is 1. The van der Waals surface area contributed by atoms with Gasteiger partial charge in [0, 0.05) is 26.3 Å². The van der Waals surface area contributed by atoms with Gasteiger partial charge in [-0.3, -0.25) is 4.79 Å². The molecule has 0 aromatic heterocycles. The minimum atomic E-state index is -0.529. The summed E-state index contributed by atoms with van der Waals surface area (Å²) in [7, 11) is 4.00. The Kier molecular flexibility index (Phi) is 5.63. The molecule has 4 heteroatoms. The van der Waals surface area contributed by atoms with Gasteiger partial charge in [-0.2, -0.15) is 0 Å². The Hall–Kier alpha value is -2.49. The highest BCUT2D eigenvalue weighted by molar-refractivity contribution is 5.80. The molecular formula is C19H24N2O2. The second-order valence-electron chi connectivity index (χ2n) is 5.85. The van der Waals surface area contributed by atoms with Crippen LogP contribution in [0.15, 0.2) is 48.5 Å². The fourth-order valence-electron chi connectivity index (χ4n) is 2.12. The molecule has 0 spiro atoms. The first kappa shape index (κ1) is 16.9. The summed E-state index contributed by atoms with van der Waals surface area (Å²) in [6.07, 6.45) is -0.529. The smallest absolute Gasteiger partial charge is 0.261 e. The van der Waals surface area contributed by atoms with Gasteiger partial charge in [-0.25, -0.2) is 0 Å². The van der Waals surface area contributed by atoms with Crippen LogP contribution < -0.4 is 15.0 Å². The Morgan fingerprint density at radius 3 is 2.26 bits per heavy atom. The maximum Gasteiger partial charge on any atom is 0.261 e. The van der Waals surface area contributed by atoms with Crippen LogP contribution in [0, 0.1) is 6.92 Å². The predicted octanol–water partition coefficient (Wildman–Crippen LogP) is 3.14. The zero-order chi connectivity index (χ0) is 16.8. The van der Waals surface area contributed by atoms with Crippen LogP contribution in [0.3, 0.4) is 0 Å². The number of hydrogen-bond donors (Lipinski definition) is 1. The Balaban J connectivity index is 1.84. The molecule has 0 saturated heterocycles. The summed E-state index contributed by atoms with van der Waals surface area (Å²) in [6.45, 7) is 4.26. The van der Waals surface area contributed by atoms with E-state index in [-0.39, 0.29) is 5.91 Å². The number of rotatable bonds is 6. The minimum Gasteiger partial charge on any atom is -0.481 e. The summed E-state index contributed by atoms with van der Waals surface area (Å²) in [6, 6.07) is 15.8. The Morgan fingerprint density at radius 1 is 1.09 bits per heavy atom. The number of hydrogen-bond acceptors (Lipinski definition) is 3. The third kappa shape index (κ3) is 5.02. The second-order valence-corrected chi connectivity index (χ2v) is 5.85. The first-order valence-corrected chi connectivity index (χ1v) is 7.73. The van der Waals surface area contributed by atoms with Crippen LogP contribution in [0.1, 0.15) is 18.1 Å². The van der Waals surface area contributed by atoms with Gasteiger partial charge in [0.2, 0.25) is 0 Å². The summed E-state index contributed by atoms with van der Waals surface area (Å²) in [4.78, 5) is 14.2. The van der Waals surface area contributed by atoms with E-state index < -0.39 is 6.10 Å². The zero-order valence-electron chi connectivity index (χ0n) is 14.2. The SMILES string of the molecule is Cc1ccc(OC(C)C(=O)NCc2ccc(N(C)C)cc2)cc1. The van der Waals surface area contributed by atoms with Crippen molar-refractivity contribution in [1.29, 1.82) is 0 Å². The predicted molar refractivity (Wildman–Crippen MR) is 93.9 cm³/mol. The molecule has 0 aliphatic rings. The quantitative estimate of drug-likeness (QED) is 0.891. The molecule has 0 fully saturated rings. The highest BCUT2D eigenvalue weighted by Gasteiger charge is 2.14. The van der Waals surface area contributed by atoms with Gasteiger partial charge in [-0.15, -0.1) is 0 Å². The third-order valence-electron chi connectivity index (χ3n) is 3.62. The lowest BCUT2D eigenvalue weighted by Gasteiger charge is -2.16. The molecular weight excluding hydrogens is 288 g/mol. The molecule has 0 radical (unpaired) electrons. The Labute approximate surface area is 138 Å². The van der Waals surface area contributed by atoms with Gasteiger partial charge in [0.25, 0.3) is 5.91 Å². The van der Waals surface area contributed by atoms with Crippen LogP contribution in [-0.2, 0) is 11.3 Å². The highest BCUT2D eigenvalue weighted by atomic mass is 16.5. The normalized spacial score (nSPS) is 11.7. The van der Waals surface area contributed by atoms with Crippen LogP contribution >= 0.6 is 0 Å². The highest BCUT2D eigenvalue weighted by Crippen LogP contribution is 2.14. The summed E-state index contributed by atoms with van der Waals surface area (Å²) < 4.78 is 5.65. The van der Waals surface area contributed by atoms with Crippen LogP contribution in [0.25, 0.3) is 0 Å². The largest absolute Gasteiger partial charge is 0.481 e. The number of nitrogens with one attached hydrogen (secondary N) is 1. The van der Waals surface area contributed by atoms with Crippen molar-refractivity contribution in [3.63, 3.8) is 0 Å². The molecule has 1 N–H and O–H groups in total. The lowest BCUT2D eigenvalue weighted by atomic mass is 10.2. The van der Waals surface area contributed by atoms with Crippen molar-refractivity contribution >= 4 is 11.6 Å². The number of ether oxygens (including phenoxy) is 1. The number of amides is 1. The summed E-state index contributed by atoms with van der Waals surface area (Å²) >= 11 is 0. The first-order chi connectivity index (χ1) is 11.0. The molecule has 0 saturated carbocycles. The van der Waals surface area contributed by atoms with Crippen LogP contribution in [0.4, 0.5) is 5.69 Å². The number of benzene rings is 2. The molecule has 0 heterocycles. The molecule has 0 bridgehead atoms. The number of carbonyl (C=O) groups excluding carboxylic acids is 1. The van der Waals surface area contributed by atoms with Crippen molar-refractivity contribution in [3.8, 4) is 5.75 Å². The van der Waals surface area contributed by atoms with Gasteiger partial charge in [-0.05, 0) is 43.7 Å². The third-order valence-corrected chi connectivity index (χ3v) is 3.62. The fourth-order valence-corrected chi connectivity index (χ4v) is 2.12. The van der Waals surface area contributed by atoms with Gasteiger partial charge in [0.1, 0.15) is 5.75 Å². The van der Waals surface area contributed by atoms with Crippen molar-refractivity contribution in [2.24, 2.45) is 0 Å². The van der Waals surface area contributed by atoms with E-state index in [9.17, 15) is 4.79 Å². The second kappa shape index (κ2) is 7.68. The maximum absolute atomic E-state index is 12.1. The molecule has 23 heavy (non-hydrogen) atoms. The molecule has 2 aromatic carbocycles. The van der Waals surface area contributed by atoms with E-state index >= 15 is 0 Å². The lowest BCUT2D eigenvalue weighted by molar-refractivity contribution is -0.127.